The van der Waals surface area contributed by atoms with E-state index in [2.05, 4.69) is 15.0 Å². The van der Waals surface area contributed by atoms with Crippen molar-refractivity contribution >= 4 is 11.2 Å². The highest BCUT2D eigenvalue weighted by Crippen LogP contribution is 2.34. The van der Waals surface area contributed by atoms with Crippen LogP contribution < -0.4 is 5.56 Å². The SMILES string of the molecule is O=c1[nH]cnc2c1ncn2C1OC(CO)[C@@H](O)[C@H]1OC1CCCCO1. The molecule has 25 heavy (non-hydrogen) atoms. The number of aromatic amines is 1. The number of aliphatic hydroxyl groups excluding tert-OH is 2. The lowest BCUT2D eigenvalue weighted by molar-refractivity contribution is -0.215. The van der Waals surface area contributed by atoms with Crippen molar-refractivity contribution in [3.05, 3.63) is 23.0 Å². The number of rotatable bonds is 4. The number of nitrogens with one attached hydrogen (secondary N) is 1. The van der Waals surface area contributed by atoms with Crippen molar-refractivity contribution in [2.45, 2.75) is 50.1 Å². The Morgan fingerprint density at radius 3 is 3.04 bits per heavy atom. The van der Waals surface area contributed by atoms with Gasteiger partial charge in [-0.2, -0.15) is 0 Å². The molecule has 10 heteroatoms. The molecule has 0 aliphatic carbocycles. The molecule has 0 bridgehead atoms. The molecular weight excluding hydrogens is 332 g/mol. The summed E-state index contributed by atoms with van der Waals surface area (Å²) in [6, 6.07) is 0. The second-order valence-corrected chi connectivity index (χ2v) is 6.19. The molecule has 2 aromatic heterocycles. The Hall–Kier alpha value is -1.85. The monoisotopic (exact) mass is 352 g/mol. The first-order chi connectivity index (χ1) is 12.2. The van der Waals surface area contributed by atoms with E-state index in [1.807, 2.05) is 0 Å². The average molecular weight is 352 g/mol. The van der Waals surface area contributed by atoms with Crippen LogP contribution in [0.5, 0.6) is 0 Å². The fourth-order valence-electron chi connectivity index (χ4n) is 3.28. The summed E-state index contributed by atoms with van der Waals surface area (Å²) < 4.78 is 18.8. The normalized spacial score (nSPS) is 33.1. The van der Waals surface area contributed by atoms with E-state index < -0.39 is 30.8 Å². The molecule has 0 radical (unpaired) electrons. The smallest absolute Gasteiger partial charge is 0.278 e. The van der Waals surface area contributed by atoms with Crippen LogP contribution in [0.25, 0.3) is 11.2 Å². The van der Waals surface area contributed by atoms with Gasteiger partial charge in [-0.15, -0.1) is 0 Å². The zero-order chi connectivity index (χ0) is 17.4. The molecule has 3 unspecified atom stereocenters. The first-order valence-electron chi connectivity index (χ1n) is 8.30. The predicted octanol–water partition coefficient (Wildman–Crippen LogP) is -0.718. The quantitative estimate of drug-likeness (QED) is 0.657. The number of aliphatic hydroxyl groups is 2. The summed E-state index contributed by atoms with van der Waals surface area (Å²) in [6.07, 6.45) is 1.53. The van der Waals surface area contributed by atoms with Gasteiger partial charge in [0.2, 0.25) is 0 Å². The summed E-state index contributed by atoms with van der Waals surface area (Å²) >= 11 is 0. The third-order valence-electron chi connectivity index (χ3n) is 4.58. The average Bonchev–Trinajstić information content (AvgIpc) is 3.19. The van der Waals surface area contributed by atoms with Crippen LogP contribution in [-0.4, -0.2) is 67.5 Å². The lowest BCUT2D eigenvalue weighted by Gasteiger charge is -2.29. The summed E-state index contributed by atoms with van der Waals surface area (Å²) in [7, 11) is 0. The van der Waals surface area contributed by atoms with E-state index in [9.17, 15) is 15.0 Å². The second-order valence-electron chi connectivity index (χ2n) is 6.19. The van der Waals surface area contributed by atoms with E-state index in [1.54, 1.807) is 0 Å². The molecule has 2 aromatic rings. The van der Waals surface area contributed by atoms with E-state index in [4.69, 9.17) is 14.2 Å². The number of imidazole rings is 1. The van der Waals surface area contributed by atoms with Gasteiger partial charge < -0.3 is 29.4 Å². The van der Waals surface area contributed by atoms with E-state index in [-0.39, 0.29) is 17.7 Å². The molecule has 2 aliphatic heterocycles. The topological polar surface area (TPSA) is 132 Å². The highest BCUT2D eigenvalue weighted by atomic mass is 16.7. The first-order valence-corrected chi connectivity index (χ1v) is 8.30. The summed E-state index contributed by atoms with van der Waals surface area (Å²) in [5, 5.41) is 20.0. The molecule has 2 saturated heterocycles. The third-order valence-corrected chi connectivity index (χ3v) is 4.58. The number of hydrogen-bond acceptors (Lipinski definition) is 8. The number of nitrogens with zero attached hydrogens (tertiary/aromatic N) is 3. The van der Waals surface area contributed by atoms with E-state index in [1.165, 1.54) is 17.2 Å². The van der Waals surface area contributed by atoms with Gasteiger partial charge in [0.25, 0.3) is 5.56 Å². The summed E-state index contributed by atoms with van der Waals surface area (Å²) in [5.74, 6) is 0. The first kappa shape index (κ1) is 16.6. The summed E-state index contributed by atoms with van der Waals surface area (Å²) in [5.41, 5.74) is 0.118. The van der Waals surface area contributed by atoms with Crippen LogP contribution in [0.3, 0.4) is 0 Å². The lowest BCUT2D eigenvalue weighted by atomic mass is 10.1. The lowest BCUT2D eigenvalue weighted by Crippen LogP contribution is -2.39. The van der Waals surface area contributed by atoms with E-state index in [0.717, 1.165) is 19.3 Å². The molecular formula is C15H20N4O6. The minimum atomic E-state index is -1.04. The standard InChI is InChI=1S/C15H20N4O6/c20-5-8-11(21)12(25-9-3-1-2-4-23-9)15(24-8)19-7-18-10-13(19)16-6-17-14(10)22/h6-9,11-12,15,20-21H,1-5H2,(H,16,17,22)/t8?,9?,11-,12-,15?/m1/s1. The summed E-state index contributed by atoms with van der Waals surface area (Å²) in [6.45, 7) is 0.247. The molecule has 0 spiro atoms. The Morgan fingerprint density at radius 2 is 2.28 bits per heavy atom. The fourth-order valence-corrected chi connectivity index (χ4v) is 3.28. The molecule has 4 heterocycles. The van der Waals surface area contributed by atoms with Crippen LogP contribution in [0.2, 0.25) is 0 Å². The maximum atomic E-state index is 11.8. The number of H-pyrrole nitrogens is 1. The highest BCUT2D eigenvalue weighted by Gasteiger charge is 2.47. The van der Waals surface area contributed by atoms with E-state index >= 15 is 0 Å². The van der Waals surface area contributed by atoms with Crippen molar-refractivity contribution in [2.75, 3.05) is 13.2 Å². The molecule has 0 saturated carbocycles. The fraction of sp³-hybridized carbons (Fsp3) is 0.667. The maximum absolute atomic E-state index is 11.8. The second kappa shape index (κ2) is 6.81. The zero-order valence-electron chi connectivity index (χ0n) is 13.4. The minimum Gasteiger partial charge on any atom is -0.394 e. The van der Waals surface area contributed by atoms with Gasteiger partial charge in [0.15, 0.2) is 23.7 Å². The van der Waals surface area contributed by atoms with Crippen molar-refractivity contribution in [1.29, 1.82) is 0 Å². The molecule has 5 atom stereocenters. The van der Waals surface area contributed by atoms with Crippen LogP contribution >= 0.6 is 0 Å². The van der Waals surface area contributed by atoms with Gasteiger partial charge >= 0.3 is 0 Å². The maximum Gasteiger partial charge on any atom is 0.278 e. The summed E-state index contributed by atoms with van der Waals surface area (Å²) in [4.78, 5) is 22.5. The van der Waals surface area contributed by atoms with Crippen molar-refractivity contribution < 1.29 is 24.4 Å². The van der Waals surface area contributed by atoms with Crippen molar-refractivity contribution in [3.8, 4) is 0 Å². The molecule has 2 aliphatic rings. The Kier molecular flexibility index (Phi) is 4.52. The van der Waals surface area contributed by atoms with Gasteiger partial charge in [-0.3, -0.25) is 9.36 Å². The van der Waals surface area contributed by atoms with Crippen LogP contribution in [-0.2, 0) is 14.2 Å². The number of hydrogen-bond donors (Lipinski definition) is 3. The van der Waals surface area contributed by atoms with Crippen molar-refractivity contribution in [2.24, 2.45) is 0 Å². The van der Waals surface area contributed by atoms with Gasteiger partial charge in [-0.1, -0.05) is 0 Å². The number of aromatic nitrogens is 4. The van der Waals surface area contributed by atoms with Crippen LogP contribution in [0.4, 0.5) is 0 Å². The molecule has 0 aromatic carbocycles. The van der Waals surface area contributed by atoms with Gasteiger partial charge in [0, 0.05) is 6.61 Å². The molecule has 0 amide bonds. The minimum absolute atomic E-state index is 0.167. The molecule has 10 nitrogen and oxygen atoms in total. The predicted molar refractivity (Wildman–Crippen MR) is 83.6 cm³/mol. The van der Waals surface area contributed by atoms with Gasteiger partial charge in [0.05, 0.1) is 19.3 Å². The van der Waals surface area contributed by atoms with E-state index in [0.29, 0.717) is 12.3 Å². The van der Waals surface area contributed by atoms with Gasteiger partial charge in [-0.05, 0) is 19.3 Å². The Morgan fingerprint density at radius 1 is 1.40 bits per heavy atom. The molecule has 136 valence electrons. The van der Waals surface area contributed by atoms with Crippen molar-refractivity contribution in [1.82, 2.24) is 19.5 Å². The Balaban J connectivity index is 1.66. The molecule has 2 fully saturated rings. The molecule has 3 N–H and O–H groups in total. The van der Waals surface area contributed by atoms with Crippen LogP contribution in [0.15, 0.2) is 17.4 Å². The zero-order valence-corrected chi connectivity index (χ0v) is 13.4. The number of ether oxygens (including phenoxy) is 3. The third kappa shape index (κ3) is 2.96. The number of fused-ring (bicyclic) bond motifs is 1. The van der Waals surface area contributed by atoms with Crippen molar-refractivity contribution in [3.63, 3.8) is 0 Å². The van der Waals surface area contributed by atoms with Crippen LogP contribution in [0, 0.1) is 0 Å². The Bertz CT molecular complexity index is 786. The molecule has 4 rings (SSSR count). The highest BCUT2D eigenvalue weighted by molar-refractivity contribution is 5.68. The Labute approximate surface area is 142 Å². The van der Waals surface area contributed by atoms with Crippen LogP contribution in [0.1, 0.15) is 25.5 Å². The van der Waals surface area contributed by atoms with Gasteiger partial charge in [-0.25, -0.2) is 9.97 Å². The largest absolute Gasteiger partial charge is 0.394 e. The van der Waals surface area contributed by atoms with Gasteiger partial charge in [0.1, 0.15) is 18.3 Å².